The van der Waals surface area contributed by atoms with Crippen molar-refractivity contribution in [3.05, 3.63) is 256 Å². The standard InChI is InChI=1S/C10H18.C9H16.C9H18.C9H16.3C8H14.C8H16.C7H12.C7H14.C7H12.C6H12.C6H10/c1-7(2)9(5)10(6)8(3)4;1-7(2)6-9(5)8(3)4;2*1-6-8(4)9(5)7(2)3;1-7(2)5-6-8(3)4;1-5-8(4)6-7(2)3;1-5-6-8(4)7(2)3;1-5-7(3)8(4)6-2;1-4-5-6-7(2)3;2*1-4-6-7(3)5-2;2*1-3-5-6-4-2/h1-6H3;6H,1-5H3;7H,6H2,1-5H3;6H,1-5H3;3*5-6H,1-4H3;5-6H2,1-4H3;4-6H,1-3H3;6H,4-5H2,1-3H3;4-6H,1-3H3;5-6H,3-4H2,1-2H3;3-6H,1-2H3/b;;9-8-;;;8-5+;6-5+;8-7-;5-4+;7-6-;6-4+,7-5+;6-5+;5-3+,6-4+. The van der Waals surface area contributed by atoms with E-state index in [4.69, 9.17) is 0 Å². The molecule has 0 bridgehead atoms. The number of hydrogen-bond donors (Lipinski definition) is 0. The van der Waals surface area contributed by atoms with Crippen LogP contribution in [0.2, 0.25) is 0 Å². The smallest absolute Gasteiger partial charge is 0.0260 e. The highest BCUT2D eigenvalue weighted by Gasteiger charge is 1.99. The summed E-state index contributed by atoms with van der Waals surface area (Å²) in [5, 5.41) is 0. The molecule has 0 nitrogen and oxygen atoms in total. The largest absolute Gasteiger partial charge is 0.0888 e. The molecule has 0 radical (unpaired) electrons. The molecule has 0 spiro atoms. The molecule has 0 saturated heterocycles. The third-order valence-corrected chi connectivity index (χ3v) is 15.7. The first kappa shape index (κ1) is 126. The average molecular weight is 1410 g/mol. The van der Waals surface area contributed by atoms with Crippen molar-refractivity contribution >= 4 is 0 Å². The molecule has 0 heterocycles. The Balaban J connectivity index is -0.0000000767. The van der Waals surface area contributed by atoms with Gasteiger partial charge in [-0.05, 0) is 351 Å². The lowest BCUT2D eigenvalue weighted by atomic mass is 9.99. The van der Waals surface area contributed by atoms with E-state index in [2.05, 4.69) is 390 Å². The van der Waals surface area contributed by atoms with Crippen molar-refractivity contribution in [2.75, 3.05) is 0 Å². The van der Waals surface area contributed by atoms with Gasteiger partial charge in [0.25, 0.3) is 0 Å². The summed E-state index contributed by atoms with van der Waals surface area (Å²) in [6, 6.07) is 0. The summed E-state index contributed by atoms with van der Waals surface area (Å²) in [7, 11) is 0. The fourth-order valence-corrected chi connectivity index (χ4v) is 6.30. The Hall–Kier alpha value is -5.72. The lowest BCUT2D eigenvalue weighted by molar-refractivity contribution is 0.748. The van der Waals surface area contributed by atoms with E-state index in [1.54, 1.807) is 22.3 Å². The maximum absolute atomic E-state index is 2.26. The zero-order valence-corrected chi connectivity index (χ0v) is 79.2. The lowest BCUT2D eigenvalue weighted by Gasteiger charge is -2.08. The molecule has 0 aromatic heterocycles. The Morgan fingerprint density at radius 3 is 0.745 bits per heavy atom. The molecule has 0 aliphatic heterocycles. The third-order valence-electron chi connectivity index (χ3n) is 15.7. The predicted molar refractivity (Wildman–Crippen MR) is 496 cm³/mol. The Kier molecular flexibility index (Phi) is 118. The van der Waals surface area contributed by atoms with E-state index < -0.39 is 0 Å². The van der Waals surface area contributed by atoms with E-state index in [9.17, 15) is 0 Å². The summed E-state index contributed by atoms with van der Waals surface area (Å²) in [5.41, 5.74) is 32.6. The predicted octanol–water partition coefficient (Wildman–Crippen LogP) is 37.9. The van der Waals surface area contributed by atoms with Gasteiger partial charge in [-0.3, -0.25) is 0 Å². The van der Waals surface area contributed by atoms with Gasteiger partial charge in [0.05, 0.1) is 0 Å². The molecule has 0 N–H and O–H groups in total. The minimum absolute atomic E-state index is 0.727. The first-order valence-corrected chi connectivity index (χ1v) is 39.2. The second-order valence-electron chi connectivity index (χ2n) is 28.4. The maximum atomic E-state index is 2.26. The van der Waals surface area contributed by atoms with E-state index in [0.717, 1.165) is 5.92 Å². The molecule has 0 fully saturated rings. The van der Waals surface area contributed by atoms with Gasteiger partial charge in [0, 0.05) is 0 Å². The molecule has 0 unspecified atom stereocenters. The Labute approximate surface area is 648 Å². The van der Waals surface area contributed by atoms with Gasteiger partial charge in [0.2, 0.25) is 0 Å². The highest BCUT2D eigenvalue weighted by Crippen LogP contribution is 2.17. The molecule has 0 heteroatoms. The molecule has 0 aromatic carbocycles. The highest BCUT2D eigenvalue weighted by atomic mass is 14.1. The van der Waals surface area contributed by atoms with Crippen molar-refractivity contribution in [1.82, 2.24) is 0 Å². The number of hydrogen-bond acceptors (Lipinski definition) is 0. The number of rotatable bonds is 17. The third kappa shape index (κ3) is 127. The van der Waals surface area contributed by atoms with Crippen LogP contribution in [0.5, 0.6) is 0 Å². The van der Waals surface area contributed by atoms with Crippen molar-refractivity contribution in [2.24, 2.45) is 5.92 Å². The second-order valence-corrected chi connectivity index (χ2v) is 28.4. The fourth-order valence-electron chi connectivity index (χ4n) is 6.30. The summed E-state index contributed by atoms with van der Waals surface area (Å²) < 4.78 is 0. The minimum atomic E-state index is 0.727. The van der Waals surface area contributed by atoms with Crippen molar-refractivity contribution in [1.29, 1.82) is 0 Å². The lowest BCUT2D eigenvalue weighted by Crippen LogP contribution is -1.91. The maximum Gasteiger partial charge on any atom is -0.0260 e. The van der Waals surface area contributed by atoms with Crippen LogP contribution in [0.3, 0.4) is 0 Å². The van der Waals surface area contributed by atoms with Crippen LogP contribution >= 0.6 is 0 Å². The van der Waals surface area contributed by atoms with Crippen molar-refractivity contribution in [3.63, 3.8) is 0 Å². The van der Waals surface area contributed by atoms with Crippen molar-refractivity contribution < 1.29 is 0 Å². The molecular weight excluding hydrogens is 1230 g/mol. The Morgan fingerprint density at radius 1 is 0.284 bits per heavy atom. The van der Waals surface area contributed by atoms with Gasteiger partial charge in [-0.1, -0.05) is 301 Å². The molecule has 0 atom stereocenters. The Bertz CT molecular complexity index is 2620. The molecule has 0 aromatic rings. The van der Waals surface area contributed by atoms with Gasteiger partial charge in [0.15, 0.2) is 0 Å². The van der Waals surface area contributed by atoms with Crippen molar-refractivity contribution in [2.45, 2.75) is 391 Å². The van der Waals surface area contributed by atoms with E-state index in [-0.39, 0.29) is 0 Å². The van der Waals surface area contributed by atoms with E-state index in [0.29, 0.717) is 0 Å². The fraction of sp³-hybridized carbons (Fsp3) is 0.569. The van der Waals surface area contributed by atoms with Gasteiger partial charge >= 0.3 is 0 Å². The Morgan fingerprint density at radius 2 is 0.618 bits per heavy atom. The monoisotopic (exact) mass is 1410 g/mol. The molecule has 0 aliphatic carbocycles. The van der Waals surface area contributed by atoms with Crippen LogP contribution in [0.15, 0.2) is 256 Å². The van der Waals surface area contributed by atoms with Crippen LogP contribution in [0.25, 0.3) is 0 Å². The second kappa shape index (κ2) is 95.3. The highest BCUT2D eigenvalue weighted by molar-refractivity contribution is 5.33. The number of allylic oxidation sites excluding steroid dienone is 44. The SMILES string of the molecule is C/C=C(\C)C=C(C)C.C/C=C/C(C)=C(C)C.C/C=C/C(C)=C/C.C/C=C/C=C(C)C.C/C=C/C=C/C.CC(C)=C(C)C(C)=C(C)C.CC(C)=CC(C)=C(C)C.CC(C)=CC=C(C)C.CC/C(C)=C(/C)C(C)C.CC/C(C)=C(/C)CC.CC/C=C(/C)CC.CC/C=C/CC.CC=C(C)C(C)=C(C)C. The summed E-state index contributed by atoms with van der Waals surface area (Å²) in [5.74, 6) is 0.727. The normalized spacial score (nSPS) is 10.9. The van der Waals surface area contributed by atoms with Crippen molar-refractivity contribution in [3.8, 4) is 0 Å². The van der Waals surface area contributed by atoms with E-state index >= 15 is 0 Å². The summed E-state index contributed by atoms with van der Waals surface area (Å²) in [6.07, 6.45) is 52.4. The zero-order chi connectivity index (χ0) is 83.7. The van der Waals surface area contributed by atoms with Gasteiger partial charge in [-0.15, -0.1) is 0 Å². The molecule has 594 valence electrons. The molecule has 0 saturated carbocycles. The molecular formula is C102H186. The van der Waals surface area contributed by atoms with E-state index in [1.807, 2.05) is 84.1 Å². The molecule has 0 amide bonds. The van der Waals surface area contributed by atoms with Crippen LogP contribution in [0.1, 0.15) is 391 Å². The van der Waals surface area contributed by atoms with Crippen LogP contribution in [-0.4, -0.2) is 0 Å². The van der Waals surface area contributed by atoms with Gasteiger partial charge in [0.1, 0.15) is 0 Å². The molecule has 102 heavy (non-hydrogen) atoms. The molecule has 0 aliphatic rings. The van der Waals surface area contributed by atoms with Crippen LogP contribution < -0.4 is 0 Å². The van der Waals surface area contributed by atoms with Crippen LogP contribution in [0, 0.1) is 5.92 Å². The average Bonchev–Trinajstić information content (AvgIpc) is 0.978. The summed E-state index contributed by atoms with van der Waals surface area (Å²) in [4.78, 5) is 0. The quantitative estimate of drug-likeness (QED) is 0.101. The molecule has 0 rings (SSSR count). The first-order chi connectivity index (χ1) is 47.1. The van der Waals surface area contributed by atoms with E-state index in [1.165, 1.54) is 151 Å². The van der Waals surface area contributed by atoms with Gasteiger partial charge < -0.3 is 0 Å². The summed E-state index contributed by atoms with van der Waals surface area (Å²) >= 11 is 0. The minimum Gasteiger partial charge on any atom is -0.0888 e. The van der Waals surface area contributed by atoms with Crippen LogP contribution in [-0.2, 0) is 0 Å². The van der Waals surface area contributed by atoms with Crippen LogP contribution in [0.4, 0.5) is 0 Å². The van der Waals surface area contributed by atoms with Gasteiger partial charge in [-0.25, -0.2) is 0 Å². The topological polar surface area (TPSA) is 0 Å². The van der Waals surface area contributed by atoms with Gasteiger partial charge in [-0.2, -0.15) is 0 Å². The zero-order valence-electron chi connectivity index (χ0n) is 79.2. The summed E-state index contributed by atoms with van der Waals surface area (Å²) in [6.45, 7) is 107. The first-order valence-electron chi connectivity index (χ1n) is 39.2.